The highest BCUT2D eigenvalue weighted by atomic mass is 35.5. The maximum atomic E-state index is 6.33. The van der Waals surface area contributed by atoms with Gasteiger partial charge in [-0.2, -0.15) is 9.97 Å². The SMILES string of the molecule is Clc1ccc2c(c1)c1ccccc1n2-c1nc(-c2ccccc2)nc(-c2ccccc2)n1. The molecule has 0 saturated carbocycles. The summed E-state index contributed by atoms with van der Waals surface area (Å²) in [5, 5.41) is 2.87. The van der Waals surface area contributed by atoms with Gasteiger partial charge in [0.2, 0.25) is 5.95 Å². The number of benzene rings is 4. The van der Waals surface area contributed by atoms with Gasteiger partial charge in [-0.05, 0) is 24.3 Å². The second-order valence-corrected chi connectivity index (χ2v) is 7.97. The molecule has 0 bridgehead atoms. The number of nitrogens with zero attached hydrogens (tertiary/aromatic N) is 4. The normalized spacial score (nSPS) is 11.3. The zero-order chi connectivity index (χ0) is 21.5. The highest BCUT2D eigenvalue weighted by molar-refractivity contribution is 6.32. The van der Waals surface area contributed by atoms with Gasteiger partial charge in [-0.25, -0.2) is 4.98 Å². The van der Waals surface area contributed by atoms with Crippen LogP contribution in [0.5, 0.6) is 0 Å². The molecule has 0 radical (unpaired) electrons. The molecule has 2 heterocycles. The second-order valence-electron chi connectivity index (χ2n) is 7.53. The summed E-state index contributed by atoms with van der Waals surface area (Å²) in [7, 11) is 0. The molecular formula is C27H17ClN4. The van der Waals surface area contributed by atoms with Crippen LogP contribution in [0.4, 0.5) is 0 Å². The Balaban J connectivity index is 1.70. The van der Waals surface area contributed by atoms with Crippen LogP contribution in [0.3, 0.4) is 0 Å². The van der Waals surface area contributed by atoms with Gasteiger partial charge in [0.1, 0.15) is 0 Å². The average molecular weight is 433 g/mol. The van der Waals surface area contributed by atoms with Crippen LogP contribution in [0, 0.1) is 0 Å². The van der Waals surface area contributed by atoms with E-state index in [1.165, 1.54) is 0 Å². The molecule has 0 aliphatic carbocycles. The fourth-order valence-electron chi connectivity index (χ4n) is 4.06. The molecule has 32 heavy (non-hydrogen) atoms. The van der Waals surface area contributed by atoms with Gasteiger partial charge in [0, 0.05) is 26.9 Å². The molecule has 4 nitrogen and oxygen atoms in total. The third-order valence-corrected chi connectivity index (χ3v) is 5.76. The highest BCUT2D eigenvalue weighted by Crippen LogP contribution is 2.33. The van der Waals surface area contributed by atoms with Crippen molar-refractivity contribution in [1.29, 1.82) is 0 Å². The average Bonchev–Trinajstić information content (AvgIpc) is 3.18. The summed E-state index contributed by atoms with van der Waals surface area (Å²) in [4.78, 5) is 14.6. The Kier molecular flexibility index (Phi) is 4.44. The van der Waals surface area contributed by atoms with Gasteiger partial charge in [-0.15, -0.1) is 0 Å². The van der Waals surface area contributed by atoms with Crippen molar-refractivity contribution in [3.8, 4) is 28.7 Å². The smallest absolute Gasteiger partial charge is 0.238 e. The summed E-state index contributed by atoms with van der Waals surface area (Å²) in [6.45, 7) is 0. The van der Waals surface area contributed by atoms with E-state index < -0.39 is 0 Å². The molecule has 0 aliphatic heterocycles. The summed E-state index contributed by atoms with van der Waals surface area (Å²) in [5.41, 5.74) is 3.91. The number of hydrogen-bond acceptors (Lipinski definition) is 3. The van der Waals surface area contributed by atoms with Crippen LogP contribution in [0.25, 0.3) is 50.5 Å². The van der Waals surface area contributed by atoms with E-state index in [9.17, 15) is 0 Å². The van der Waals surface area contributed by atoms with Crippen molar-refractivity contribution in [3.05, 3.63) is 108 Å². The van der Waals surface area contributed by atoms with Crippen molar-refractivity contribution < 1.29 is 0 Å². The lowest BCUT2D eigenvalue weighted by atomic mass is 10.2. The van der Waals surface area contributed by atoms with Crippen molar-refractivity contribution >= 4 is 33.4 Å². The fraction of sp³-hybridized carbons (Fsp3) is 0. The van der Waals surface area contributed by atoms with E-state index in [1.54, 1.807) is 0 Å². The minimum Gasteiger partial charge on any atom is -0.278 e. The third-order valence-electron chi connectivity index (χ3n) is 5.52. The zero-order valence-electron chi connectivity index (χ0n) is 17.0. The Morgan fingerprint density at radius 3 is 1.75 bits per heavy atom. The molecular weight excluding hydrogens is 416 g/mol. The van der Waals surface area contributed by atoms with Gasteiger partial charge in [0.25, 0.3) is 0 Å². The quantitative estimate of drug-likeness (QED) is 0.303. The van der Waals surface area contributed by atoms with E-state index in [4.69, 9.17) is 26.6 Å². The molecule has 0 aliphatic rings. The molecule has 0 fully saturated rings. The molecule has 0 saturated heterocycles. The molecule has 5 heteroatoms. The third kappa shape index (κ3) is 3.13. The number of halogens is 1. The Morgan fingerprint density at radius 2 is 1.09 bits per heavy atom. The summed E-state index contributed by atoms with van der Waals surface area (Å²) in [6, 6.07) is 34.1. The van der Waals surface area contributed by atoms with Crippen molar-refractivity contribution in [2.24, 2.45) is 0 Å². The van der Waals surface area contributed by atoms with Crippen LogP contribution in [0.2, 0.25) is 5.02 Å². The molecule has 0 N–H and O–H groups in total. The maximum Gasteiger partial charge on any atom is 0.238 e. The Morgan fingerprint density at radius 1 is 0.531 bits per heavy atom. The highest BCUT2D eigenvalue weighted by Gasteiger charge is 2.17. The van der Waals surface area contributed by atoms with Gasteiger partial charge in [0.15, 0.2) is 11.6 Å². The minimum absolute atomic E-state index is 0.575. The molecule has 4 aromatic carbocycles. The lowest BCUT2D eigenvalue weighted by molar-refractivity contribution is 0.953. The predicted molar refractivity (Wildman–Crippen MR) is 130 cm³/mol. The van der Waals surface area contributed by atoms with Crippen molar-refractivity contribution in [1.82, 2.24) is 19.5 Å². The first-order valence-electron chi connectivity index (χ1n) is 10.3. The van der Waals surface area contributed by atoms with Crippen molar-refractivity contribution in [3.63, 3.8) is 0 Å². The molecule has 0 unspecified atom stereocenters. The van der Waals surface area contributed by atoms with Gasteiger partial charge in [-0.1, -0.05) is 90.5 Å². The minimum atomic E-state index is 0.575. The Bertz CT molecular complexity index is 1520. The van der Waals surface area contributed by atoms with E-state index in [0.717, 1.165) is 32.9 Å². The summed E-state index contributed by atoms with van der Waals surface area (Å²) in [5.74, 6) is 1.84. The van der Waals surface area contributed by atoms with Crippen LogP contribution in [0.1, 0.15) is 0 Å². The molecule has 6 aromatic rings. The van der Waals surface area contributed by atoms with Crippen LogP contribution >= 0.6 is 11.6 Å². The van der Waals surface area contributed by atoms with Crippen molar-refractivity contribution in [2.45, 2.75) is 0 Å². The fourth-order valence-corrected chi connectivity index (χ4v) is 4.23. The van der Waals surface area contributed by atoms with E-state index >= 15 is 0 Å². The van der Waals surface area contributed by atoms with Gasteiger partial charge >= 0.3 is 0 Å². The molecule has 2 aromatic heterocycles. The summed E-state index contributed by atoms with van der Waals surface area (Å²) < 4.78 is 2.08. The first-order valence-corrected chi connectivity index (χ1v) is 10.7. The standard InChI is InChI=1S/C27H17ClN4/c28-20-15-16-24-22(17-20)21-13-7-8-14-23(21)32(24)27-30-25(18-9-3-1-4-10-18)29-26(31-27)19-11-5-2-6-12-19/h1-17H. The maximum absolute atomic E-state index is 6.33. The molecule has 152 valence electrons. The van der Waals surface area contributed by atoms with Gasteiger partial charge in [-0.3, -0.25) is 4.57 Å². The van der Waals surface area contributed by atoms with E-state index in [1.807, 2.05) is 91.0 Å². The topological polar surface area (TPSA) is 43.6 Å². The largest absolute Gasteiger partial charge is 0.278 e. The second kappa shape index (κ2) is 7.59. The first-order chi connectivity index (χ1) is 15.8. The number of hydrogen-bond donors (Lipinski definition) is 0. The number of fused-ring (bicyclic) bond motifs is 3. The summed E-state index contributed by atoms with van der Waals surface area (Å²) >= 11 is 6.33. The van der Waals surface area contributed by atoms with Crippen LogP contribution < -0.4 is 0 Å². The van der Waals surface area contributed by atoms with Gasteiger partial charge in [0.05, 0.1) is 11.0 Å². The lowest BCUT2D eigenvalue weighted by Gasteiger charge is -2.10. The van der Waals surface area contributed by atoms with Crippen LogP contribution in [0.15, 0.2) is 103 Å². The van der Waals surface area contributed by atoms with E-state index in [2.05, 4.69) is 16.7 Å². The molecule has 6 rings (SSSR count). The van der Waals surface area contributed by atoms with Crippen LogP contribution in [-0.2, 0) is 0 Å². The molecule has 0 spiro atoms. The Labute approximate surface area is 189 Å². The lowest BCUT2D eigenvalue weighted by Crippen LogP contribution is -2.06. The monoisotopic (exact) mass is 432 g/mol. The van der Waals surface area contributed by atoms with Gasteiger partial charge < -0.3 is 0 Å². The van der Waals surface area contributed by atoms with Crippen LogP contribution in [-0.4, -0.2) is 19.5 Å². The molecule has 0 atom stereocenters. The summed E-state index contributed by atoms with van der Waals surface area (Å²) in [6.07, 6.45) is 0. The molecule has 0 amide bonds. The predicted octanol–water partition coefficient (Wildman–Crippen LogP) is 6.96. The zero-order valence-corrected chi connectivity index (χ0v) is 17.7. The van der Waals surface area contributed by atoms with Crippen molar-refractivity contribution in [2.75, 3.05) is 0 Å². The van der Waals surface area contributed by atoms with E-state index in [0.29, 0.717) is 22.6 Å². The number of para-hydroxylation sites is 1. The first kappa shape index (κ1) is 18.7. The number of aromatic nitrogens is 4. The Hall–Kier alpha value is -4.02. The number of rotatable bonds is 3. The van der Waals surface area contributed by atoms with E-state index in [-0.39, 0.29) is 0 Å².